The monoisotopic (exact) mass is 390 g/mol. The molecule has 0 fully saturated rings. The molecule has 2 N–H and O–H groups in total. The summed E-state index contributed by atoms with van der Waals surface area (Å²) in [6, 6.07) is 19.0. The smallest absolute Gasteiger partial charge is 0.297 e. The van der Waals surface area contributed by atoms with Crippen molar-refractivity contribution in [3.05, 3.63) is 89.9 Å². The number of carbonyl (C=O) groups is 1. The van der Waals surface area contributed by atoms with Crippen LogP contribution in [0.2, 0.25) is 0 Å². The zero-order chi connectivity index (χ0) is 20.1. The van der Waals surface area contributed by atoms with Gasteiger partial charge < -0.3 is 14.3 Å². The van der Waals surface area contributed by atoms with Crippen LogP contribution in [0.25, 0.3) is 10.8 Å². The van der Waals surface area contributed by atoms with Gasteiger partial charge in [0.25, 0.3) is 11.9 Å². The van der Waals surface area contributed by atoms with Crippen LogP contribution in [0.1, 0.15) is 21.6 Å². The Morgan fingerprint density at radius 2 is 1.62 bits per heavy atom. The van der Waals surface area contributed by atoms with E-state index in [1.165, 1.54) is 12.5 Å². The van der Waals surface area contributed by atoms with Crippen molar-refractivity contribution in [3.8, 4) is 11.7 Å². The molecule has 0 bridgehead atoms. The van der Waals surface area contributed by atoms with E-state index in [2.05, 4.69) is 10.5 Å². The first-order chi connectivity index (χ1) is 14.2. The second kappa shape index (κ2) is 8.45. The van der Waals surface area contributed by atoms with Crippen LogP contribution in [0.5, 0.6) is 11.7 Å². The van der Waals surface area contributed by atoms with E-state index >= 15 is 0 Å². The number of aromatic hydroxyl groups is 1. The van der Waals surface area contributed by atoms with E-state index < -0.39 is 5.91 Å². The van der Waals surface area contributed by atoms with Crippen molar-refractivity contribution in [3.63, 3.8) is 0 Å². The van der Waals surface area contributed by atoms with E-state index in [1.54, 1.807) is 0 Å². The van der Waals surface area contributed by atoms with E-state index in [4.69, 9.17) is 14.0 Å². The van der Waals surface area contributed by atoms with Gasteiger partial charge in [-0.2, -0.15) is 0 Å². The van der Waals surface area contributed by atoms with Gasteiger partial charge in [-0.3, -0.25) is 9.63 Å². The van der Waals surface area contributed by atoms with Crippen molar-refractivity contribution >= 4 is 16.7 Å². The van der Waals surface area contributed by atoms with Crippen LogP contribution in [-0.4, -0.2) is 16.0 Å². The second-order valence-electron chi connectivity index (χ2n) is 6.28. The number of hydrogen-bond donors (Lipinski definition) is 2. The Labute approximate surface area is 166 Å². The van der Waals surface area contributed by atoms with Crippen molar-refractivity contribution in [1.29, 1.82) is 0 Å². The van der Waals surface area contributed by atoms with Crippen molar-refractivity contribution in [1.82, 2.24) is 10.5 Å². The number of pyridine rings is 1. The third kappa shape index (κ3) is 4.20. The fourth-order valence-electron chi connectivity index (χ4n) is 2.82. The standard InChI is InChI=1S/C22H18N2O5/c25-21(24-29-13-16-9-5-2-6-10-16)19-20(27-12-15-7-3-1-4-8-15)18-14-28-22(26)17(18)11-23-19/h1-11,14,26H,12-13H2,(H,24,25). The topological polar surface area (TPSA) is 93.8 Å². The van der Waals surface area contributed by atoms with Gasteiger partial charge in [0, 0.05) is 6.20 Å². The minimum atomic E-state index is -0.563. The molecule has 2 heterocycles. The minimum Gasteiger partial charge on any atom is -0.486 e. The highest BCUT2D eigenvalue weighted by Crippen LogP contribution is 2.35. The Morgan fingerprint density at radius 3 is 2.31 bits per heavy atom. The van der Waals surface area contributed by atoms with Crippen molar-refractivity contribution in [2.24, 2.45) is 0 Å². The molecule has 146 valence electrons. The molecule has 0 saturated heterocycles. The lowest BCUT2D eigenvalue weighted by Gasteiger charge is -2.12. The average Bonchev–Trinajstić information content (AvgIpc) is 3.14. The van der Waals surface area contributed by atoms with Gasteiger partial charge in [0.2, 0.25) is 0 Å². The Morgan fingerprint density at radius 1 is 0.966 bits per heavy atom. The maximum atomic E-state index is 12.6. The summed E-state index contributed by atoms with van der Waals surface area (Å²) < 4.78 is 10.9. The number of carbonyl (C=O) groups excluding carboxylic acids is 1. The molecule has 0 aliphatic heterocycles. The van der Waals surface area contributed by atoms with E-state index in [1.807, 2.05) is 60.7 Å². The maximum absolute atomic E-state index is 12.6. The van der Waals surface area contributed by atoms with Crippen LogP contribution in [0.15, 0.2) is 77.5 Å². The van der Waals surface area contributed by atoms with E-state index in [9.17, 15) is 9.90 Å². The zero-order valence-electron chi connectivity index (χ0n) is 15.4. The van der Waals surface area contributed by atoms with Crippen LogP contribution < -0.4 is 10.2 Å². The summed E-state index contributed by atoms with van der Waals surface area (Å²) in [7, 11) is 0. The predicted octanol–water partition coefficient (Wildman–Crippen LogP) is 3.97. The molecule has 0 radical (unpaired) electrons. The predicted molar refractivity (Wildman–Crippen MR) is 105 cm³/mol. The maximum Gasteiger partial charge on any atom is 0.297 e. The highest BCUT2D eigenvalue weighted by Gasteiger charge is 2.21. The minimum absolute atomic E-state index is 0.0299. The van der Waals surface area contributed by atoms with Crippen LogP contribution in [0.3, 0.4) is 0 Å². The number of nitrogens with zero attached hydrogens (tertiary/aromatic N) is 1. The number of rotatable bonds is 7. The molecule has 29 heavy (non-hydrogen) atoms. The van der Waals surface area contributed by atoms with Crippen LogP contribution in [-0.2, 0) is 18.1 Å². The lowest BCUT2D eigenvalue weighted by atomic mass is 10.2. The summed E-state index contributed by atoms with van der Waals surface area (Å²) >= 11 is 0. The van der Waals surface area contributed by atoms with Gasteiger partial charge in [-0.25, -0.2) is 10.5 Å². The van der Waals surface area contributed by atoms with E-state index in [0.717, 1.165) is 11.1 Å². The summed E-state index contributed by atoms with van der Waals surface area (Å²) in [5.41, 5.74) is 4.25. The Kier molecular flexibility index (Phi) is 5.40. The summed E-state index contributed by atoms with van der Waals surface area (Å²) in [5, 5.41) is 10.6. The van der Waals surface area contributed by atoms with Gasteiger partial charge in [0.15, 0.2) is 11.4 Å². The van der Waals surface area contributed by atoms with E-state index in [-0.39, 0.29) is 30.6 Å². The van der Waals surface area contributed by atoms with Crippen molar-refractivity contribution < 1.29 is 23.9 Å². The Balaban J connectivity index is 1.54. The zero-order valence-corrected chi connectivity index (χ0v) is 15.4. The fraction of sp³-hybridized carbons (Fsp3) is 0.0909. The van der Waals surface area contributed by atoms with Crippen molar-refractivity contribution in [2.75, 3.05) is 0 Å². The Hall–Kier alpha value is -3.84. The van der Waals surface area contributed by atoms with Gasteiger partial charge in [-0.15, -0.1) is 0 Å². The molecule has 0 aliphatic carbocycles. The molecule has 4 rings (SSSR count). The molecular formula is C22H18N2O5. The second-order valence-corrected chi connectivity index (χ2v) is 6.28. The first-order valence-electron chi connectivity index (χ1n) is 8.94. The molecule has 0 aliphatic rings. The summed E-state index contributed by atoms with van der Waals surface area (Å²) in [6.45, 7) is 0.431. The molecule has 0 unspecified atom stereocenters. The number of furan rings is 1. The number of hydroxylamine groups is 1. The number of nitrogens with one attached hydrogen (secondary N) is 1. The summed E-state index contributed by atoms with van der Waals surface area (Å²) in [6.07, 6.45) is 2.68. The number of hydrogen-bond acceptors (Lipinski definition) is 6. The molecule has 1 amide bonds. The molecule has 4 aromatic rings. The van der Waals surface area contributed by atoms with Crippen LogP contribution in [0, 0.1) is 0 Å². The first-order valence-corrected chi connectivity index (χ1v) is 8.94. The third-order valence-electron chi connectivity index (χ3n) is 4.28. The van der Waals surface area contributed by atoms with Gasteiger partial charge in [0.05, 0.1) is 17.4 Å². The molecule has 2 aromatic heterocycles. The van der Waals surface area contributed by atoms with E-state index in [0.29, 0.717) is 10.8 Å². The fourth-order valence-corrected chi connectivity index (χ4v) is 2.82. The molecule has 0 saturated carbocycles. The average molecular weight is 390 g/mol. The number of ether oxygens (including phenoxy) is 1. The van der Waals surface area contributed by atoms with Gasteiger partial charge in [-0.1, -0.05) is 60.7 Å². The Bertz CT molecular complexity index is 1110. The highest BCUT2D eigenvalue weighted by molar-refractivity contribution is 6.02. The number of amides is 1. The summed E-state index contributed by atoms with van der Waals surface area (Å²) in [5.74, 6) is -0.646. The first kappa shape index (κ1) is 18.5. The molecule has 2 aromatic carbocycles. The van der Waals surface area contributed by atoms with Gasteiger partial charge in [-0.05, 0) is 11.1 Å². The number of benzene rings is 2. The molecule has 0 atom stereocenters. The quantitative estimate of drug-likeness (QED) is 0.464. The molecular weight excluding hydrogens is 372 g/mol. The molecule has 7 heteroatoms. The molecule has 0 spiro atoms. The van der Waals surface area contributed by atoms with Gasteiger partial charge in [0.1, 0.15) is 12.9 Å². The van der Waals surface area contributed by atoms with Gasteiger partial charge >= 0.3 is 0 Å². The van der Waals surface area contributed by atoms with Crippen LogP contribution in [0.4, 0.5) is 0 Å². The highest BCUT2D eigenvalue weighted by atomic mass is 16.6. The summed E-state index contributed by atoms with van der Waals surface area (Å²) in [4.78, 5) is 22.1. The van der Waals surface area contributed by atoms with Crippen molar-refractivity contribution in [2.45, 2.75) is 13.2 Å². The van der Waals surface area contributed by atoms with Crippen LogP contribution >= 0.6 is 0 Å². The largest absolute Gasteiger partial charge is 0.486 e. The number of aromatic nitrogens is 1. The lowest BCUT2D eigenvalue weighted by Crippen LogP contribution is -2.25. The lowest BCUT2D eigenvalue weighted by molar-refractivity contribution is 0.0226. The normalized spacial score (nSPS) is 10.8. The number of fused-ring (bicyclic) bond motifs is 1. The SMILES string of the molecule is O=C(NOCc1ccccc1)c1ncc2c(O)occ2c1OCc1ccccc1. The third-order valence-corrected chi connectivity index (χ3v) is 4.28. The molecule has 7 nitrogen and oxygen atoms in total.